The number of hydrogen-bond donors (Lipinski definition) is 2. The molecule has 0 spiro atoms. The topological polar surface area (TPSA) is 54.0 Å². The average molecular weight is 255 g/mol. The first-order chi connectivity index (χ1) is 9.20. The van der Waals surface area contributed by atoms with Gasteiger partial charge < -0.3 is 10.6 Å². The number of rotatable bonds is 4. The van der Waals surface area contributed by atoms with Crippen molar-refractivity contribution in [2.45, 2.75) is 13.5 Å². The van der Waals surface area contributed by atoms with Gasteiger partial charge in [-0.05, 0) is 30.2 Å². The van der Waals surface area contributed by atoms with E-state index in [-0.39, 0.29) is 5.91 Å². The molecule has 2 rings (SSSR count). The number of anilines is 1. The standard InChI is InChI=1S/C15H17N3O/c1-11-5-3-4-6-12(11)10-18-15(19)14-9-13(16-2)7-8-17-14/h3-9H,10H2,1-2H3,(H,16,17)(H,18,19). The monoisotopic (exact) mass is 255 g/mol. The molecule has 4 nitrogen and oxygen atoms in total. The Kier molecular flexibility index (Phi) is 4.13. The lowest BCUT2D eigenvalue weighted by Crippen LogP contribution is -2.24. The van der Waals surface area contributed by atoms with E-state index >= 15 is 0 Å². The number of aromatic nitrogens is 1. The van der Waals surface area contributed by atoms with E-state index in [1.54, 1.807) is 12.3 Å². The van der Waals surface area contributed by atoms with Gasteiger partial charge in [0.2, 0.25) is 0 Å². The van der Waals surface area contributed by atoms with Crippen molar-refractivity contribution >= 4 is 11.6 Å². The zero-order valence-electron chi connectivity index (χ0n) is 11.1. The molecule has 1 aromatic heterocycles. The summed E-state index contributed by atoms with van der Waals surface area (Å²) >= 11 is 0. The van der Waals surface area contributed by atoms with E-state index in [0.29, 0.717) is 12.2 Å². The molecular weight excluding hydrogens is 238 g/mol. The third kappa shape index (κ3) is 3.31. The summed E-state index contributed by atoms with van der Waals surface area (Å²) in [6.45, 7) is 2.54. The Morgan fingerprint density at radius 1 is 1.26 bits per heavy atom. The average Bonchev–Trinajstić information content (AvgIpc) is 2.46. The van der Waals surface area contributed by atoms with E-state index in [1.165, 1.54) is 5.56 Å². The first-order valence-electron chi connectivity index (χ1n) is 6.17. The van der Waals surface area contributed by atoms with E-state index in [9.17, 15) is 4.79 Å². The molecule has 0 saturated carbocycles. The Morgan fingerprint density at radius 3 is 2.79 bits per heavy atom. The number of amides is 1. The SMILES string of the molecule is CNc1ccnc(C(=O)NCc2ccccc2C)c1. The van der Waals surface area contributed by atoms with Crippen LogP contribution in [-0.2, 0) is 6.54 Å². The number of pyridine rings is 1. The number of nitrogens with zero attached hydrogens (tertiary/aromatic N) is 1. The van der Waals surface area contributed by atoms with Gasteiger partial charge in [0.25, 0.3) is 5.91 Å². The van der Waals surface area contributed by atoms with Crippen molar-refractivity contribution in [3.63, 3.8) is 0 Å². The molecule has 0 aliphatic heterocycles. The van der Waals surface area contributed by atoms with Crippen LogP contribution in [0.1, 0.15) is 21.6 Å². The molecule has 98 valence electrons. The van der Waals surface area contributed by atoms with Crippen LogP contribution in [0.4, 0.5) is 5.69 Å². The molecule has 1 heterocycles. The van der Waals surface area contributed by atoms with Crippen LogP contribution in [0.5, 0.6) is 0 Å². The molecule has 2 aromatic rings. The van der Waals surface area contributed by atoms with Gasteiger partial charge >= 0.3 is 0 Å². The lowest BCUT2D eigenvalue weighted by molar-refractivity contribution is 0.0946. The normalized spacial score (nSPS) is 10.0. The largest absolute Gasteiger partial charge is 0.388 e. The van der Waals surface area contributed by atoms with Crippen LogP contribution in [0.25, 0.3) is 0 Å². The molecule has 0 aliphatic rings. The summed E-state index contributed by atoms with van der Waals surface area (Å²) in [5, 5.41) is 5.86. The quantitative estimate of drug-likeness (QED) is 0.881. The van der Waals surface area contributed by atoms with E-state index in [2.05, 4.69) is 15.6 Å². The number of hydrogen-bond acceptors (Lipinski definition) is 3. The predicted molar refractivity (Wildman–Crippen MR) is 76.1 cm³/mol. The van der Waals surface area contributed by atoms with Crippen molar-refractivity contribution in [1.29, 1.82) is 0 Å². The van der Waals surface area contributed by atoms with Crippen LogP contribution in [0.3, 0.4) is 0 Å². The Morgan fingerprint density at radius 2 is 2.05 bits per heavy atom. The highest BCUT2D eigenvalue weighted by atomic mass is 16.1. The van der Waals surface area contributed by atoms with Gasteiger partial charge in [-0.2, -0.15) is 0 Å². The van der Waals surface area contributed by atoms with Gasteiger partial charge in [0.05, 0.1) is 0 Å². The molecular formula is C15H17N3O. The first kappa shape index (κ1) is 13.1. The number of nitrogens with one attached hydrogen (secondary N) is 2. The highest BCUT2D eigenvalue weighted by Crippen LogP contribution is 2.08. The van der Waals surface area contributed by atoms with Crippen LogP contribution in [0, 0.1) is 6.92 Å². The van der Waals surface area contributed by atoms with Crippen LogP contribution < -0.4 is 10.6 Å². The summed E-state index contributed by atoms with van der Waals surface area (Å²) in [7, 11) is 1.81. The highest BCUT2D eigenvalue weighted by molar-refractivity contribution is 5.93. The summed E-state index contributed by atoms with van der Waals surface area (Å²) < 4.78 is 0. The van der Waals surface area contributed by atoms with Crippen molar-refractivity contribution in [3.05, 3.63) is 59.4 Å². The molecule has 0 atom stereocenters. The van der Waals surface area contributed by atoms with Crippen molar-refractivity contribution in [3.8, 4) is 0 Å². The molecule has 4 heteroatoms. The lowest BCUT2D eigenvalue weighted by atomic mass is 10.1. The van der Waals surface area contributed by atoms with Crippen LogP contribution in [0.2, 0.25) is 0 Å². The van der Waals surface area contributed by atoms with Crippen molar-refractivity contribution < 1.29 is 4.79 Å². The summed E-state index contributed by atoms with van der Waals surface area (Å²) in [6.07, 6.45) is 1.62. The molecule has 0 fully saturated rings. The molecule has 2 N–H and O–H groups in total. The second kappa shape index (κ2) is 6.00. The maximum atomic E-state index is 12.0. The maximum absolute atomic E-state index is 12.0. The molecule has 0 radical (unpaired) electrons. The zero-order valence-corrected chi connectivity index (χ0v) is 11.1. The minimum absolute atomic E-state index is 0.166. The number of carbonyl (C=O) groups is 1. The molecule has 19 heavy (non-hydrogen) atoms. The molecule has 1 amide bonds. The van der Waals surface area contributed by atoms with Crippen molar-refractivity contribution in [1.82, 2.24) is 10.3 Å². The zero-order chi connectivity index (χ0) is 13.7. The van der Waals surface area contributed by atoms with Crippen LogP contribution >= 0.6 is 0 Å². The van der Waals surface area contributed by atoms with E-state index < -0.39 is 0 Å². The van der Waals surface area contributed by atoms with Crippen LogP contribution in [-0.4, -0.2) is 17.9 Å². The molecule has 0 saturated heterocycles. The fourth-order valence-electron chi connectivity index (χ4n) is 1.78. The van der Waals surface area contributed by atoms with E-state index in [0.717, 1.165) is 11.3 Å². The predicted octanol–water partition coefficient (Wildman–Crippen LogP) is 2.36. The van der Waals surface area contributed by atoms with Gasteiger partial charge in [0.1, 0.15) is 5.69 Å². The minimum atomic E-state index is -0.166. The molecule has 0 aliphatic carbocycles. The summed E-state index contributed by atoms with van der Waals surface area (Å²) in [6, 6.07) is 11.5. The Labute approximate surface area is 112 Å². The smallest absolute Gasteiger partial charge is 0.270 e. The highest BCUT2D eigenvalue weighted by Gasteiger charge is 2.07. The van der Waals surface area contributed by atoms with Gasteiger partial charge in [-0.1, -0.05) is 24.3 Å². The van der Waals surface area contributed by atoms with Gasteiger partial charge in [-0.15, -0.1) is 0 Å². The Balaban J connectivity index is 2.03. The summed E-state index contributed by atoms with van der Waals surface area (Å²) in [5.41, 5.74) is 3.57. The van der Waals surface area contributed by atoms with Gasteiger partial charge in [-0.25, -0.2) is 0 Å². The fraction of sp³-hybridized carbons (Fsp3) is 0.200. The van der Waals surface area contributed by atoms with Gasteiger partial charge in [0, 0.05) is 25.5 Å². The van der Waals surface area contributed by atoms with E-state index in [1.807, 2.05) is 44.3 Å². The van der Waals surface area contributed by atoms with Crippen LogP contribution in [0.15, 0.2) is 42.6 Å². The Bertz CT molecular complexity index is 581. The Hall–Kier alpha value is -2.36. The van der Waals surface area contributed by atoms with Gasteiger partial charge in [0.15, 0.2) is 0 Å². The van der Waals surface area contributed by atoms with Gasteiger partial charge in [-0.3, -0.25) is 9.78 Å². The molecule has 0 unspecified atom stereocenters. The minimum Gasteiger partial charge on any atom is -0.388 e. The summed E-state index contributed by atoms with van der Waals surface area (Å²) in [5.74, 6) is -0.166. The molecule has 1 aromatic carbocycles. The fourth-order valence-corrected chi connectivity index (χ4v) is 1.78. The second-order valence-corrected chi connectivity index (χ2v) is 4.29. The van der Waals surface area contributed by atoms with E-state index in [4.69, 9.17) is 0 Å². The summed E-state index contributed by atoms with van der Waals surface area (Å²) in [4.78, 5) is 16.1. The number of carbonyl (C=O) groups excluding carboxylic acids is 1. The van der Waals surface area contributed by atoms with Crippen molar-refractivity contribution in [2.24, 2.45) is 0 Å². The maximum Gasteiger partial charge on any atom is 0.270 e. The first-order valence-corrected chi connectivity index (χ1v) is 6.17. The third-order valence-corrected chi connectivity index (χ3v) is 2.98. The molecule has 0 bridgehead atoms. The lowest BCUT2D eigenvalue weighted by Gasteiger charge is -2.08. The third-order valence-electron chi connectivity index (χ3n) is 2.98. The second-order valence-electron chi connectivity index (χ2n) is 4.29. The number of benzene rings is 1. The number of aryl methyl sites for hydroxylation is 1. The van der Waals surface area contributed by atoms with Crippen molar-refractivity contribution in [2.75, 3.05) is 12.4 Å².